The van der Waals surface area contributed by atoms with Gasteiger partial charge in [0.2, 0.25) is 5.91 Å². The van der Waals surface area contributed by atoms with Gasteiger partial charge in [-0.1, -0.05) is 15.9 Å². The standard InChI is InChI=1S/C12H12BrF3N2O/c1-18-5-4-10(11(18)19)17-9-3-2-7(13)6-8(9)12(14,15)16/h2-3,6,10,17H,4-5H2,1H3. The van der Waals surface area contributed by atoms with Crippen LogP contribution in [0.2, 0.25) is 0 Å². The summed E-state index contributed by atoms with van der Waals surface area (Å²) < 4.78 is 39.1. The minimum Gasteiger partial charge on any atom is -0.373 e. The molecule has 1 aliphatic heterocycles. The van der Waals surface area contributed by atoms with Crippen LogP contribution in [-0.2, 0) is 11.0 Å². The van der Waals surface area contributed by atoms with E-state index in [0.29, 0.717) is 17.4 Å². The summed E-state index contributed by atoms with van der Waals surface area (Å²) in [5, 5.41) is 2.69. The average Bonchev–Trinajstić information content (AvgIpc) is 2.62. The van der Waals surface area contributed by atoms with Gasteiger partial charge in [-0.25, -0.2) is 0 Å². The molecule has 0 aromatic heterocycles. The van der Waals surface area contributed by atoms with Crippen LogP contribution >= 0.6 is 15.9 Å². The Balaban J connectivity index is 2.28. The minimum absolute atomic E-state index is 0.0654. The van der Waals surface area contributed by atoms with Crippen molar-refractivity contribution in [3.05, 3.63) is 28.2 Å². The number of alkyl halides is 3. The number of anilines is 1. The second kappa shape index (κ2) is 5.03. The molecule has 1 aromatic rings. The summed E-state index contributed by atoms with van der Waals surface area (Å²) in [6.07, 6.45) is -3.96. The third kappa shape index (κ3) is 3.02. The number of likely N-dealkylation sites (N-methyl/N-ethyl adjacent to an activating group) is 1. The molecular formula is C12H12BrF3N2O. The minimum atomic E-state index is -4.46. The van der Waals surface area contributed by atoms with Crippen LogP contribution in [0, 0.1) is 0 Å². The van der Waals surface area contributed by atoms with Crippen LogP contribution in [0.4, 0.5) is 18.9 Å². The summed E-state index contributed by atoms with van der Waals surface area (Å²) in [4.78, 5) is 13.2. The van der Waals surface area contributed by atoms with Crippen LogP contribution in [0.3, 0.4) is 0 Å². The van der Waals surface area contributed by atoms with Gasteiger partial charge in [-0.05, 0) is 24.6 Å². The van der Waals surface area contributed by atoms with Crippen molar-refractivity contribution in [2.75, 3.05) is 18.9 Å². The molecule has 0 bridgehead atoms. The van der Waals surface area contributed by atoms with Gasteiger partial charge in [0.15, 0.2) is 0 Å². The Bertz CT molecular complexity index is 504. The van der Waals surface area contributed by atoms with Crippen molar-refractivity contribution in [3.63, 3.8) is 0 Å². The van der Waals surface area contributed by atoms with Gasteiger partial charge in [-0.2, -0.15) is 13.2 Å². The van der Waals surface area contributed by atoms with E-state index in [1.165, 1.54) is 17.0 Å². The number of carbonyl (C=O) groups excluding carboxylic acids is 1. The third-order valence-electron chi connectivity index (χ3n) is 3.04. The Morgan fingerprint density at radius 1 is 1.42 bits per heavy atom. The number of carbonyl (C=O) groups is 1. The van der Waals surface area contributed by atoms with Gasteiger partial charge in [-0.15, -0.1) is 0 Å². The average molecular weight is 337 g/mol. The topological polar surface area (TPSA) is 32.3 Å². The van der Waals surface area contributed by atoms with Gasteiger partial charge >= 0.3 is 6.18 Å². The molecule has 3 nitrogen and oxygen atoms in total. The number of likely N-dealkylation sites (tertiary alicyclic amines) is 1. The first-order valence-electron chi connectivity index (χ1n) is 5.67. The highest BCUT2D eigenvalue weighted by atomic mass is 79.9. The molecule has 1 aromatic carbocycles. The van der Waals surface area contributed by atoms with Gasteiger partial charge in [0, 0.05) is 23.8 Å². The fraction of sp³-hybridized carbons (Fsp3) is 0.417. The van der Waals surface area contributed by atoms with E-state index < -0.39 is 17.8 Å². The summed E-state index contributed by atoms with van der Waals surface area (Å²) >= 11 is 3.02. The molecule has 1 heterocycles. The number of hydrogen-bond acceptors (Lipinski definition) is 2. The lowest BCUT2D eigenvalue weighted by atomic mass is 10.1. The van der Waals surface area contributed by atoms with Crippen LogP contribution in [0.15, 0.2) is 22.7 Å². The second-order valence-electron chi connectivity index (χ2n) is 4.43. The number of rotatable bonds is 2. The highest BCUT2D eigenvalue weighted by Gasteiger charge is 2.36. The van der Waals surface area contributed by atoms with E-state index in [2.05, 4.69) is 21.2 Å². The quantitative estimate of drug-likeness (QED) is 0.899. The number of amides is 1. The van der Waals surface area contributed by atoms with Gasteiger partial charge in [0.25, 0.3) is 0 Å². The highest BCUT2D eigenvalue weighted by molar-refractivity contribution is 9.10. The van der Waals surface area contributed by atoms with Gasteiger partial charge < -0.3 is 10.2 Å². The van der Waals surface area contributed by atoms with E-state index >= 15 is 0 Å². The lowest BCUT2D eigenvalue weighted by molar-refractivity contribution is -0.137. The molecule has 1 atom stereocenters. The van der Waals surface area contributed by atoms with E-state index in [-0.39, 0.29) is 11.6 Å². The van der Waals surface area contributed by atoms with Crippen LogP contribution < -0.4 is 5.32 Å². The molecule has 1 fully saturated rings. The van der Waals surface area contributed by atoms with Crippen LogP contribution in [0.1, 0.15) is 12.0 Å². The number of nitrogens with one attached hydrogen (secondary N) is 1. The highest BCUT2D eigenvalue weighted by Crippen LogP contribution is 2.37. The zero-order valence-corrected chi connectivity index (χ0v) is 11.7. The Labute approximate surface area is 116 Å². The molecule has 1 N–H and O–H groups in total. The van der Waals surface area contributed by atoms with Crippen molar-refractivity contribution in [1.29, 1.82) is 0 Å². The number of halogens is 4. The predicted molar refractivity (Wildman–Crippen MR) is 68.8 cm³/mol. The maximum absolute atomic E-state index is 12.9. The maximum Gasteiger partial charge on any atom is 0.418 e. The number of nitrogens with zero attached hydrogens (tertiary/aromatic N) is 1. The third-order valence-corrected chi connectivity index (χ3v) is 3.54. The zero-order valence-electron chi connectivity index (χ0n) is 10.1. The molecule has 1 unspecified atom stereocenters. The number of hydrogen-bond donors (Lipinski definition) is 1. The number of benzene rings is 1. The smallest absolute Gasteiger partial charge is 0.373 e. The monoisotopic (exact) mass is 336 g/mol. The second-order valence-corrected chi connectivity index (χ2v) is 5.35. The molecule has 1 aliphatic rings. The summed E-state index contributed by atoms with van der Waals surface area (Å²) in [5.41, 5.74) is -0.839. The molecular weight excluding hydrogens is 325 g/mol. The van der Waals surface area contributed by atoms with Gasteiger partial charge in [0.05, 0.1) is 5.56 Å². The molecule has 2 rings (SSSR count). The molecule has 1 saturated heterocycles. The zero-order chi connectivity index (χ0) is 14.2. The van der Waals surface area contributed by atoms with Crippen molar-refractivity contribution in [1.82, 2.24) is 4.90 Å². The van der Waals surface area contributed by atoms with Crippen molar-refractivity contribution in [3.8, 4) is 0 Å². The van der Waals surface area contributed by atoms with E-state index in [1.54, 1.807) is 7.05 Å². The van der Waals surface area contributed by atoms with Gasteiger partial charge in [-0.3, -0.25) is 4.79 Å². The summed E-state index contributed by atoms with van der Waals surface area (Å²) in [5.74, 6) is -0.184. The van der Waals surface area contributed by atoms with Crippen molar-refractivity contribution in [2.45, 2.75) is 18.6 Å². The molecule has 0 spiro atoms. The van der Waals surface area contributed by atoms with Crippen LogP contribution in [0.5, 0.6) is 0 Å². The first-order chi connectivity index (χ1) is 8.79. The van der Waals surface area contributed by atoms with E-state index in [0.717, 1.165) is 6.07 Å². The van der Waals surface area contributed by atoms with Crippen molar-refractivity contribution in [2.24, 2.45) is 0 Å². The fourth-order valence-electron chi connectivity index (χ4n) is 2.02. The Kier molecular flexibility index (Phi) is 3.75. The summed E-state index contributed by atoms with van der Waals surface area (Å²) in [6.45, 7) is 0.550. The Hall–Kier alpha value is -1.24. The predicted octanol–water partition coefficient (Wildman–Crippen LogP) is 3.11. The lowest BCUT2D eigenvalue weighted by Gasteiger charge is -2.18. The SMILES string of the molecule is CN1CCC(Nc2ccc(Br)cc2C(F)(F)F)C1=O. The molecule has 0 aliphatic carbocycles. The molecule has 0 saturated carbocycles. The largest absolute Gasteiger partial charge is 0.418 e. The van der Waals surface area contributed by atoms with E-state index in [9.17, 15) is 18.0 Å². The van der Waals surface area contributed by atoms with Crippen LogP contribution in [0.25, 0.3) is 0 Å². The first-order valence-corrected chi connectivity index (χ1v) is 6.46. The molecule has 104 valence electrons. The maximum atomic E-state index is 12.9. The summed E-state index contributed by atoms with van der Waals surface area (Å²) in [7, 11) is 1.64. The molecule has 1 amide bonds. The lowest BCUT2D eigenvalue weighted by Crippen LogP contribution is -2.31. The summed E-state index contributed by atoms with van der Waals surface area (Å²) in [6, 6.07) is 3.26. The first kappa shape index (κ1) is 14.2. The molecule has 0 radical (unpaired) electrons. The Morgan fingerprint density at radius 2 is 2.11 bits per heavy atom. The van der Waals surface area contributed by atoms with E-state index in [4.69, 9.17) is 0 Å². The van der Waals surface area contributed by atoms with Crippen molar-refractivity contribution >= 4 is 27.5 Å². The normalized spacial score (nSPS) is 19.9. The molecule has 7 heteroatoms. The van der Waals surface area contributed by atoms with Crippen LogP contribution in [-0.4, -0.2) is 30.4 Å². The van der Waals surface area contributed by atoms with E-state index in [1.807, 2.05) is 0 Å². The Morgan fingerprint density at radius 3 is 2.63 bits per heavy atom. The van der Waals surface area contributed by atoms with Crippen molar-refractivity contribution < 1.29 is 18.0 Å². The molecule has 19 heavy (non-hydrogen) atoms. The van der Waals surface area contributed by atoms with Gasteiger partial charge in [0.1, 0.15) is 6.04 Å². The fourth-order valence-corrected chi connectivity index (χ4v) is 2.38.